The van der Waals surface area contributed by atoms with Gasteiger partial charge in [0.25, 0.3) is 10.1 Å². The molecule has 262 valence electrons. The third-order valence-electron chi connectivity index (χ3n) is 7.54. The number of hydrogen-bond acceptors (Lipinski definition) is 7. The Morgan fingerprint density at radius 1 is 0.878 bits per heavy atom. The van der Waals surface area contributed by atoms with Gasteiger partial charge >= 0.3 is 0 Å². The molecule has 5 N–H and O–H groups in total. The van der Waals surface area contributed by atoms with Crippen molar-refractivity contribution in [3.8, 4) is 22.5 Å². The summed E-state index contributed by atoms with van der Waals surface area (Å²) in [5.41, 5.74) is 3.00. The number of benzene rings is 4. The highest BCUT2D eigenvalue weighted by Gasteiger charge is 2.30. The zero-order chi connectivity index (χ0) is 35.1. The van der Waals surface area contributed by atoms with Crippen LogP contribution in [0.5, 0.6) is 0 Å². The van der Waals surface area contributed by atoms with E-state index >= 15 is 0 Å². The van der Waals surface area contributed by atoms with Gasteiger partial charge in [0.1, 0.15) is 11.3 Å². The van der Waals surface area contributed by atoms with Gasteiger partial charge in [-0.25, -0.2) is 18.1 Å². The van der Waals surface area contributed by atoms with Crippen molar-refractivity contribution in [2.45, 2.75) is 56.4 Å². The molecule has 0 bridgehead atoms. The minimum atomic E-state index is -4.43. The van der Waals surface area contributed by atoms with Gasteiger partial charge in [0.2, 0.25) is 15.4 Å². The van der Waals surface area contributed by atoms with Crippen LogP contribution in [-0.4, -0.2) is 45.2 Å². The highest BCUT2D eigenvalue weighted by atomic mass is 79.9. The van der Waals surface area contributed by atoms with Crippen LogP contribution in [0.25, 0.3) is 33.4 Å². The number of hydrogen-bond donors (Lipinski definition) is 5. The van der Waals surface area contributed by atoms with E-state index in [1.807, 2.05) is 18.2 Å². The molecule has 2 aliphatic rings. The van der Waals surface area contributed by atoms with Gasteiger partial charge in [-0.1, -0.05) is 39.0 Å². The monoisotopic (exact) mass is 791 g/mol. The lowest BCUT2D eigenvalue weighted by molar-refractivity contribution is -0.585. The van der Waals surface area contributed by atoms with Crippen molar-refractivity contribution < 1.29 is 48.3 Å². The van der Waals surface area contributed by atoms with E-state index in [4.69, 9.17) is 4.42 Å². The normalized spacial score (nSPS) is 13.1. The lowest BCUT2D eigenvalue weighted by atomic mass is 9.82. The Morgan fingerprint density at radius 2 is 1.59 bits per heavy atom. The van der Waals surface area contributed by atoms with Crippen molar-refractivity contribution in [2.75, 3.05) is 18.5 Å². The van der Waals surface area contributed by atoms with Crippen molar-refractivity contribution in [2.24, 2.45) is 5.41 Å². The Balaban J connectivity index is 0.00000541. The van der Waals surface area contributed by atoms with Crippen LogP contribution < -0.4 is 32.8 Å². The summed E-state index contributed by atoms with van der Waals surface area (Å²) in [7, 11) is -8.43. The first-order chi connectivity index (χ1) is 22.4. The molecule has 0 atom stereocenters. The molecule has 0 amide bonds. The average Bonchev–Trinajstić information content (AvgIpc) is 2.98. The molecule has 14 heteroatoms. The quantitative estimate of drug-likeness (QED) is 0.107. The fourth-order valence-electron chi connectivity index (χ4n) is 6.18. The minimum absolute atomic E-state index is 0. The van der Waals surface area contributed by atoms with E-state index in [-0.39, 0.29) is 46.3 Å². The van der Waals surface area contributed by atoms with E-state index in [2.05, 4.69) is 65.6 Å². The van der Waals surface area contributed by atoms with Gasteiger partial charge in [-0.2, -0.15) is 8.42 Å². The van der Waals surface area contributed by atoms with Crippen molar-refractivity contribution in [1.29, 1.82) is 0 Å². The molecule has 0 spiro atoms. The van der Waals surface area contributed by atoms with Crippen LogP contribution in [0.2, 0.25) is 0 Å². The van der Waals surface area contributed by atoms with Gasteiger partial charge in [0.05, 0.1) is 28.2 Å². The Morgan fingerprint density at radius 3 is 2.27 bits per heavy atom. The molecular formula is C35H39BrClN3O7S2. The second-order valence-corrected chi connectivity index (χ2v) is 17.5. The molecule has 0 aromatic heterocycles. The number of aliphatic hydroxyl groups excluding tert-OH is 1. The van der Waals surface area contributed by atoms with Crippen LogP contribution in [0, 0.1) is 5.41 Å². The number of fused-ring (bicyclic) bond motifs is 2. The van der Waals surface area contributed by atoms with Crippen molar-refractivity contribution >= 4 is 58.4 Å². The predicted octanol–water partition coefficient (Wildman–Crippen LogP) is 2.43. The third-order valence-corrected chi connectivity index (χ3v) is 10.6. The van der Waals surface area contributed by atoms with Gasteiger partial charge < -0.3 is 27.2 Å². The maximum Gasteiger partial charge on any atom is 0.294 e. The minimum Gasteiger partial charge on any atom is -1.00 e. The number of sulfonamides is 1. The van der Waals surface area contributed by atoms with Gasteiger partial charge in [-0.15, -0.1) is 0 Å². The maximum atomic E-state index is 13.4. The number of rotatable bonds is 10. The van der Waals surface area contributed by atoms with E-state index in [1.165, 1.54) is 24.3 Å². The lowest BCUT2D eigenvalue weighted by Crippen LogP contribution is -3.00. The molecule has 0 unspecified atom stereocenters. The van der Waals surface area contributed by atoms with Gasteiger partial charge in [-0.05, 0) is 77.7 Å². The van der Waals surface area contributed by atoms with Crippen LogP contribution in [-0.2, 0) is 20.1 Å². The molecule has 0 fully saturated rings. The Bertz CT molecular complexity index is 2270. The average molecular weight is 793 g/mol. The summed E-state index contributed by atoms with van der Waals surface area (Å²) in [6.45, 7) is 10.4. The van der Waals surface area contributed by atoms with Crippen molar-refractivity contribution in [3.63, 3.8) is 0 Å². The largest absolute Gasteiger partial charge is 1.00 e. The zero-order valence-electron chi connectivity index (χ0n) is 27.6. The standard InChI is InChI=1S/C35H38BrN3O7S2.ClH/c1-34(2,3)21-35(4,5)39-23-11-14-26-31(19-23)46-30-18-22(38-29-20-24(48(43,44)45)12-15-28(29)36)10-13-25(30)33(26)27-8-6-7-9-32(27)47(41,42)37-16-17-40;/h6-15,18-20,37-38,40H,16-17,21H2,1-5H3,(H,43,44,45);1H. The molecule has 10 nitrogen and oxygen atoms in total. The molecule has 1 aliphatic heterocycles. The summed E-state index contributed by atoms with van der Waals surface area (Å²) < 4.78 is 69.6. The fraction of sp³-hybridized carbons (Fsp3) is 0.286. The number of halogens is 2. The van der Waals surface area contributed by atoms with Crippen LogP contribution in [0.3, 0.4) is 0 Å². The Hall–Kier alpha value is -3.30. The van der Waals surface area contributed by atoms with Gasteiger partial charge in [0, 0.05) is 57.3 Å². The summed E-state index contributed by atoms with van der Waals surface area (Å²) in [5.74, 6) is 0.510. The Kier molecular flexibility index (Phi) is 11.4. The number of aliphatic hydroxyl groups is 1. The highest BCUT2D eigenvalue weighted by molar-refractivity contribution is 9.10. The first-order valence-electron chi connectivity index (χ1n) is 15.2. The van der Waals surface area contributed by atoms with E-state index < -0.39 is 20.1 Å². The molecule has 0 saturated carbocycles. The summed E-state index contributed by atoms with van der Waals surface area (Å²) in [6.07, 6.45) is 0.896. The molecule has 3 aromatic rings. The predicted molar refractivity (Wildman–Crippen MR) is 190 cm³/mol. The molecule has 3 aromatic carbocycles. The van der Waals surface area contributed by atoms with E-state index in [0.29, 0.717) is 49.3 Å². The summed E-state index contributed by atoms with van der Waals surface area (Å²) in [5, 5.41) is 14.0. The first-order valence-corrected chi connectivity index (χ1v) is 18.9. The fourth-order valence-corrected chi connectivity index (χ4v) is 8.26. The van der Waals surface area contributed by atoms with Crippen LogP contribution in [0.4, 0.5) is 11.4 Å². The smallest absolute Gasteiger partial charge is 0.294 e. The summed E-state index contributed by atoms with van der Waals surface area (Å²) in [4.78, 5) is 3.40. The number of anilines is 2. The molecule has 0 radical (unpaired) electrons. The third kappa shape index (κ3) is 9.09. The molecule has 1 heterocycles. The molecule has 1 aliphatic carbocycles. The zero-order valence-corrected chi connectivity index (χ0v) is 31.6. The van der Waals surface area contributed by atoms with Crippen LogP contribution in [0.15, 0.2) is 97.5 Å². The van der Waals surface area contributed by atoms with E-state index in [9.17, 15) is 26.5 Å². The summed E-state index contributed by atoms with van der Waals surface area (Å²) in [6, 6.07) is 21.9. The van der Waals surface area contributed by atoms with Crippen LogP contribution >= 0.6 is 15.9 Å². The molecular weight excluding hydrogens is 754 g/mol. The number of nitrogens with one attached hydrogen (secondary N) is 3. The second-order valence-electron chi connectivity index (χ2n) is 13.5. The lowest BCUT2D eigenvalue weighted by Gasteiger charge is -2.25. The molecule has 0 saturated heterocycles. The first kappa shape index (κ1) is 38.5. The van der Waals surface area contributed by atoms with Crippen molar-refractivity contribution in [3.05, 3.63) is 88.7 Å². The van der Waals surface area contributed by atoms with E-state index in [0.717, 1.165) is 11.8 Å². The van der Waals surface area contributed by atoms with Crippen molar-refractivity contribution in [1.82, 2.24) is 4.72 Å². The second kappa shape index (κ2) is 14.5. The summed E-state index contributed by atoms with van der Waals surface area (Å²) >= 11 is 3.43. The van der Waals surface area contributed by atoms with Gasteiger partial charge in [0.15, 0.2) is 5.54 Å². The van der Waals surface area contributed by atoms with Crippen LogP contribution in [0.1, 0.15) is 41.0 Å². The van der Waals surface area contributed by atoms with Gasteiger partial charge in [-0.3, -0.25) is 4.55 Å². The Labute approximate surface area is 301 Å². The maximum absolute atomic E-state index is 13.4. The van der Waals surface area contributed by atoms with E-state index in [1.54, 1.807) is 36.4 Å². The highest BCUT2D eigenvalue weighted by Crippen LogP contribution is 2.43. The molecule has 5 rings (SSSR count). The molecule has 49 heavy (non-hydrogen) atoms. The SMILES string of the molecule is CC(C)(C)CC(C)(C)[NH+]=c1ccc2c(-c3ccccc3S(=O)(=O)NCCO)c3ccc(Nc4cc(S(=O)(=O)O)ccc4Br)cc3oc-2c1.[Cl-]. The topological polar surface area (TPSA) is 160 Å².